The molecule has 1 rings (SSSR count). The van der Waals surface area contributed by atoms with Crippen LogP contribution in [-0.2, 0) is 17.8 Å². The molecule has 1 N–H and O–H groups in total. The molecule has 0 aliphatic heterocycles. The molecule has 21 heavy (non-hydrogen) atoms. The van der Waals surface area contributed by atoms with E-state index < -0.39 is 5.97 Å². The van der Waals surface area contributed by atoms with Gasteiger partial charge in [-0.15, -0.1) is 0 Å². The lowest BCUT2D eigenvalue weighted by Crippen LogP contribution is -2.33. The fourth-order valence-corrected chi connectivity index (χ4v) is 2.27. The average molecular weight is 295 g/mol. The third-order valence-electron chi connectivity index (χ3n) is 3.32. The van der Waals surface area contributed by atoms with Gasteiger partial charge in [-0.1, -0.05) is 20.8 Å². The highest BCUT2D eigenvalue weighted by atomic mass is 16.4. The van der Waals surface area contributed by atoms with E-state index in [0.29, 0.717) is 18.0 Å². The molecule has 0 radical (unpaired) electrons. The predicted octanol–water partition coefficient (Wildman–Crippen LogP) is 2.04. The summed E-state index contributed by atoms with van der Waals surface area (Å²) in [6.07, 6.45) is 2.29. The highest BCUT2D eigenvalue weighted by molar-refractivity contribution is 5.95. The van der Waals surface area contributed by atoms with Crippen molar-refractivity contribution in [1.29, 1.82) is 0 Å². The molecule has 1 heterocycles. The maximum Gasteiger partial charge on any atom is 0.305 e. The first-order valence-electron chi connectivity index (χ1n) is 7.46. The van der Waals surface area contributed by atoms with Gasteiger partial charge < -0.3 is 10.0 Å². The van der Waals surface area contributed by atoms with Crippen LogP contribution in [0.5, 0.6) is 0 Å². The zero-order chi connectivity index (χ0) is 16.0. The third kappa shape index (κ3) is 4.58. The van der Waals surface area contributed by atoms with E-state index in [-0.39, 0.29) is 18.9 Å². The molecule has 0 aliphatic carbocycles. The summed E-state index contributed by atoms with van der Waals surface area (Å²) in [6, 6.07) is 0. The van der Waals surface area contributed by atoms with E-state index in [0.717, 1.165) is 18.7 Å². The van der Waals surface area contributed by atoms with E-state index >= 15 is 0 Å². The molecule has 1 amide bonds. The molecular formula is C15H25N3O3. The zero-order valence-corrected chi connectivity index (χ0v) is 13.3. The van der Waals surface area contributed by atoms with Crippen molar-refractivity contribution in [2.75, 3.05) is 13.1 Å². The standard InChI is InChI=1S/C15H25N3O3/c1-5-13-12(9-16-18(13)10-11(3)4)15(21)17(6-2)8-7-14(19)20/h9,11H,5-8,10H2,1-4H3,(H,19,20). The lowest BCUT2D eigenvalue weighted by atomic mass is 10.1. The molecule has 0 aliphatic rings. The van der Waals surface area contributed by atoms with Gasteiger partial charge in [-0.05, 0) is 19.3 Å². The van der Waals surface area contributed by atoms with Crippen LogP contribution in [0.15, 0.2) is 6.20 Å². The molecule has 1 aromatic heterocycles. The highest BCUT2D eigenvalue weighted by Crippen LogP contribution is 2.14. The van der Waals surface area contributed by atoms with Gasteiger partial charge in [-0.2, -0.15) is 5.10 Å². The number of aromatic nitrogens is 2. The number of aliphatic carboxylic acids is 1. The number of rotatable bonds is 8. The summed E-state index contributed by atoms with van der Waals surface area (Å²) >= 11 is 0. The van der Waals surface area contributed by atoms with Crippen molar-refractivity contribution >= 4 is 11.9 Å². The molecule has 0 saturated carbocycles. The van der Waals surface area contributed by atoms with Crippen molar-refractivity contribution in [1.82, 2.24) is 14.7 Å². The Bertz CT molecular complexity index is 494. The van der Waals surface area contributed by atoms with Gasteiger partial charge in [0.05, 0.1) is 23.9 Å². The second kappa shape index (κ2) is 7.81. The Hall–Kier alpha value is -1.85. The second-order valence-corrected chi connectivity index (χ2v) is 5.46. The van der Waals surface area contributed by atoms with Crippen LogP contribution < -0.4 is 0 Å². The van der Waals surface area contributed by atoms with Gasteiger partial charge >= 0.3 is 5.97 Å². The van der Waals surface area contributed by atoms with Crippen LogP contribution in [0.1, 0.15) is 50.2 Å². The molecule has 118 valence electrons. The van der Waals surface area contributed by atoms with Gasteiger partial charge in [-0.3, -0.25) is 14.3 Å². The third-order valence-corrected chi connectivity index (χ3v) is 3.32. The number of carbonyl (C=O) groups excluding carboxylic acids is 1. The van der Waals surface area contributed by atoms with Crippen molar-refractivity contribution < 1.29 is 14.7 Å². The predicted molar refractivity (Wildman–Crippen MR) is 80.3 cm³/mol. The molecular weight excluding hydrogens is 270 g/mol. The summed E-state index contributed by atoms with van der Waals surface area (Å²) in [5.74, 6) is -0.578. The molecule has 0 spiro atoms. The summed E-state index contributed by atoms with van der Waals surface area (Å²) in [5.41, 5.74) is 1.51. The van der Waals surface area contributed by atoms with E-state index in [1.165, 1.54) is 0 Å². The monoisotopic (exact) mass is 295 g/mol. The van der Waals surface area contributed by atoms with E-state index in [4.69, 9.17) is 5.11 Å². The van der Waals surface area contributed by atoms with Gasteiger partial charge in [0.1, 0.15) is 0 Å². The van der Waals surface area contributed by atoms with Crippen molar-refractivity contribution in [2.24, 2.45) is 5.92 Å². The lowest BCUT2D eigenvalue weighted by Gasteiger charge is -2.20. The number of nitrogens with zero attached hydrogens (tertiary/aromatic N) is 3. The van der Waals surface area contributed by atoms with Crippen LogP contribution in [0, 0.1) is 5.92 Å². The Balaban J connectivity index is 2.94. The summed E-state index contributed by atoms with van der Waals surface area (Å²) in [7, 11) is 0. The van der Waals surface area contributed by atoms with Gasteiger partial charge in [0, 0.05) is 19.6 Å². The summed E-state index contributed by atoms with van der Waals surface area (Å²) < 4.78 is 1.88. The number of carboxylic acid groups (broad SMARTS) is 1. The van der Waals surface area contributed by atoms with Crippen LogP contribution in [-0.4, -0.2) is 44.8 Å². The van der Waals surface area contributed by atoms with E-state index in [1.807, 2.05) is 18.5 Å². The molecule has 0 fully saturated rings. The van der Waals surface area contributed by atoms with Crippen LogP contribution in [0.3, 0.4) is 0 Å². The highest BCUT2D eigenvalue weighted by Gasteiger charge is 2.21. The van der Waals surface area contributed by atoms with Gasteiger partial charge in [0.15, 0.2) is 0 Å². The fourth-order valence-electron chi connectivity index (χ4n) is 2.27. The van der Waals surface area contributed by atoms with Crippen molar-refractivity contribution in [3.63, 3.8) is 0 Å². The maximum absolute atomic E-state index is 12.5. The Morgan fingerprint density at radius 3 is 2.52 bits per heavy atom. The largest absolute Gasteiger partial charge is 0.481 e. The molecule has 6 nitrogen and oxygen atoms in total. The molecule has 0 saturated heterocycles. The van der Waals surface area contributed by atoms with Gasteiger partial charge in [0.25, 0.3) is 5.91 Å². The first kappa shape index (κ1) is 17.2. The van der Waals surface area contributed by atoms with Crippen molar-refractivity contribution in [3.8, 4) is 0 Å². The van der Waals surface area contributed by atoms with Crippen LogP contribution in [0.25, 0.3) is 0 Å². The van der Waals surface area contributed by atoms with Crippen molar-refractivity contribution in [3.05, 3.63) is 17.5 Å². The zero-order valence-electron chi connectivity index (χ0n) is 13.3. The number of carboxylic acids is 1. The summed E-state index contributed by atoms with van der Waals surface area (Å²) in [6.45, 7) is 9.55. The average Bonchev–Trinajstić information content (AvgIpc) is 2.80. The Kier molecular flexibility index (Phi) is 6.39. The van der Waals surface area contributed by atoms with E-state index in [9.17, 15) is 9.59 Å². The fraction of sp³-hybridized carbons (Fsp3) is 0.667. The number of hydrogen-bond acceptors (Lipinski definition) is 3. The summed E-state index contributed by atoms with van der Waals surface area (Å²) in [4.78, 5) is 24.8. The number of hydrogen-bond donors (Lipinski definition) is 1. The van der Waals surface area contributed by atoms with Crippen LogP contribution in [0.4, 0.5) is 0 Å². The quantitative estimate of drug-likeness (QED) is 0.796. The van der Waals surface area contributed by atoms with E-state index in [1.54, 1.807) is 11.1 Å². The molecule has 0 aromatic carbocycles. The minimum absolute atomic E-state index is 0.0405. The Labute approximate surface area is 125 Å². The minimum atomic E-state index is -0.896. The van der Waals surface area contributed by atoms with Crippen molar-refractivity contribution in [2.45, 2.75) is 47.1 Å². The number of carbonyl (C=O) groups is 2. The number of amides is 1. The Morgan fingerprint density at radius 1 is 1.38 bits per heavy atom. The molecule has 1 aromatic rings. The van der Waals surface area contributed by atoms with Gasteiger partial charge in [0.2, 0.25) is 0 Å². The molecule has 0 bridgehead atoms. The van der Waals surface area contributed by atoms with Crippen LogP contribution in [0.2, 0.25) is 0 Å². The van der Waals surface area contributed by atoms with E-state index in [2.05, 4.69) is 18.9 Å². The molecule has 6 heteroatoms. The lowest BCUT2D eigenvalue weighted by molar-refractivity contribution is -0.137. The topological polar surface area (TPSA) is 75.4 Å². The maximum atomic E-state index is 12.5. The van der Waals surface area contributed by atoms with Gasteiger partial charge in [-0.25, -0.2) is 0 Å². The second-order valence-electron chi connectivity index (χ2n) is 5.46. The van der Waals surface area contributed by atoms with Crippen LogP contribution >= 0.6 is 0 Å². The smallest absolute Gasteiger partial charge is 0.305 e. The minimum Gasteiger partial charge on any atom is -0.481 e. The Morgan fingerprint density at radius 2 is 2.05 bits per heavy atom. The first-order chi connectivity index (χ1) is 9.90. The molecule has 0 unspecified atom stereocenters. The molecule has 0 atom stereocenters. The summed E-state index contributed by atoms with van der Waals surface area (Å²) in [5, 5.41) is 13.1. The normalized spacial score (nSPS) is 10.9. The first-order valence-corrected chi connectivity index (χ1v) is 7.46. The SMILES string of the molecule is CCc1c(C(=O)N(CC)CCC(=O)O)cnn1CC(C)C.